The van der Waals surface area contributed by atoms with Crippen LogP contribution in [-0.4, -0.2) is 48.1 Å². The van der Waals surface area contributed by atoms with E-state index in [1.54, 1.807) is 6.07 Å². The van der Waals surface area contributed by atoms with Gasteiger partial charge in [-0.15, -0.1) is 0 Å². The monoisotopic (exact) mass is 305 g/mol. The van der Waals surface area contributed by atoms with Gasteiger partial charge in [-0.05, 0) is 26.0 Å². The molecule has 2 aromatic heterocycles. The second-order valence-corrected chi connectivity index (χ2v) is 5.19. The van der Waals surface area contributed by atoms with Gasteiger partial charge in [-0.25, -0.2) is 0 Å². The molecule has 1 saturated heterocycles. The fourth-order valence-corrected chi connectivity index (χ4v) is 2.43. The van der Waals surface area contributed by atoms with Gasteiger partial charge in [0.15, 0.2) is 11.5 Å². The molecule has 0 bridgehead atoms. The molecule has 0 saturated carbocycles. The highest BCUT2D eigenvalue weighted by atomic mass is 16.5. The Bertz CT molecular complexity index is 649. The summed E-state index contributed by atoms with van der Waals surface area (Å²) in [6.45, 7) is 5.32. The fraction of sp³-hybridized carbons (Fsp3) is 0.467. The minimum Gasteiger partial charge on any atom is -0.460 e. The lowest BCUT2D eigenvalue weighted by Crippen LogP contribution is -2.43. The van der Waals surface area contributed by atoms with Crippen molar-refractivity contribution in [2.45, 2.75) is 26.0 Å². The highest BCUT2D eigenvalue weighted by Gasteiger charge is 2.30. The van der Waals surface area contributed by atoms with Crippen LogP contribution >= 0.6 is 0 Å². The number of H-pyrrole nitrogens is 1. The first-order chi connectivity index (χ1) is 10.7. The van der Waals surface area contributed by atoms with E-state index in [0.717, 1.165) is 5.76 Å². The maximum Gasteiger partial charge on any atom is 0.272 e. The molecular weight excluding hydrogens is 286 g/mol. The Morgan fingerprint density at radius 2 is 2.36 bits per heavy atom. The zero-order valence-electron chi connectivity index (χ0n) is 12.6. The number of hydrogen-bond donors (Lipinski definition) is 2. The summed E-state index contributed by atoms with van der Waals surface area (Å²) in [7, 11) is 0. The van der Waals surface area contributed by atoms with Crippen molar-refractivity contribution < 1.29 is 18.7 Å². The average Bonchev–Trinajstić information content (AvgIpc) is 3.20. The van der Waals surface area contributed by atoms with Gasteiger partial charge in [0.25, 0.3) is 5.91 Å². The quantitative estimate of drug-likeness (QED) is 0.874. The molecule has 3 heterocycles. The van der Waals surface area contributed by atoms with E-state index in [9.17, 15) is 4.79 Å². The summed E-state index contributed by atoms with van der Waals surface area (Å²) in [6.07, 6.45) is -0.111. The van der Waals surface area contributed by atoms with E-state index in [1.807, 2.05) is 26.0 Å². The van der Waals surface area contributed by atoms with E-state index < -0.39 is 0 Å². The van der Waals surface area contributed by atoms with Crippen LogP contribution in [0.1, 0.15) is 23.2 Å². The Labute approximate surface area is 128 Å². The molecule has 0 spiro atoms. The molecule has 2 atom stereocenters. The molecule has 0 aliphatic carbocycles. The Hall–Kier alpha value is -2.12. The second kappa shape index (κ2) is 6.33. The molecule has 0 aromatic carbocycles. The van der Waals surface area contributed by atoms with Gasteiger partial charge in [-0.2, -0.15) is 5.10 Å². The summed E-state index contributed by atoms with van der Waals surface area (Å²) in [5, 5.41) is 9.74. The Morgan fingerprint density at radius 1 is 1.50 bits per heavy atom. The molecule has 2 N–H and O–H groups in total. The molecule has 2 aromatic rings. The molecule has 1 aliphatic heterocycles. The second-order valence-electron chi connectivity index (χ2n) is 5.19. The molecular formula is C15H19N3O4. The zero-order valence-corrected chi connectivity index (χ0v) is 12.6. The van der Waals surface area contributed by atoms with E-state index in [1.165, 1.54) is 0 Å². The fourth-order valence-electron chi connectivity index (χ4n) is 2.43. The SMILES string of the molecule is CCO[C@H]1COC[C@@H]1NC(=O)c1cc(-c2ccc(C)o2)[nH]n1. The Balaban J connectivity index is 1.67. The molecule has 7 heteroatoms. The number of aryl methyl sites for hydroxylation is 1. The van der Waals surface area contributed by atoms with Crippen LogP contribution in [0.15, 0.2) is 22.6 Å². The van der Waals surface area contributed by atoms with Gasteiger partial charge in [0.1, 0.15) is 17.6 Å². The van der Waals surface area contributed by atoms with Crippen LogP contribution in [0, 0.1) is 6.92 Å². The predicted molar refractivity (Wildman–Crippen MR) is 78.5 cm³/mol. The lowest BCUT2D eigenvalue weighted by atomic mass is 10.2. The first-order valence-electron chi connectivity index (χ1n) is 7.29. The molecule has 3 rings (SSSR count). The summed E-state index contributed by atoms with van der Waals surface area (Å²) >= 11 is 0. The standard InChI is InChI=1S/C15H19N3O4/c1-3-21-14-8-20-7-12(14)16-15(19)11-6-10(17-18-11)13-5-4-9(2)22-13/h4-6,12,14H,3,7-8H2,1-2H3,(H,16,19)(H,17,18)/t12-,14-/m0/s1. The minimum atomic E-state index is -0.258. The summed E-state index contributed by atoms with van der Waals surface area (Å²) in [5.74, 6) is 1.20. The molecule has 1 fully saturated rings. The predicted octanol–water partition coefficient (Wildman–Crippen LogP) is 1.51. The van der Waals surface area contributed by atoms with Crippen LogP contribution in [0.5, 0.6) is 0 Å². The smallest absolute Gasteiger partial charge is 0.272 e. The Morgan fingerprint density at radius 3 is 3.09 bits per heavy atom. The van der Waals surface area contributed by atoms with Gasteiger partial charge in [-0.1, -0.05) is 0 Å². The zero-order chi connectivity index (χ0) is 15.5. The maximum absolute atomic E-state index is 12.3. The number of ether oxygens (including phenoxy) is 2. The van der Waals surface area contributed by atoms with Crippen LogP contribution in [0.25, 0.3) is 11.5 Å². The normalized spacial score (nSPS) is 21.2. The van der Waals surface area contributed by atoms with Crippen molar-refractivity contribution in [1.29, 1.82) is 0 Å². The third-order valence-corrected chi connectivity index (χ3v) is 3.54. The van der Waals surface area contributed by atoms with Crippen molar-refractivity contribution in [3.8, 4) is 11.5 Å². The first kappa shape index (κ1) is 14.8. The summed E-state index contributed by atoms with van der Waals surface area (Å²) in [6, 6.07) is 5.20. The first-order valence-corrected chi connectivity index (χ1v) is 7.29. The number of aromatic nitrogens is 2. The van der Waals surface area contributed by atoms with Crippen molar-refractivity contribution in [3.63, 3.8) is 0 Å². The lowest BCUT2D eigenvalue weighted by molar-refractivity contribution is 0.0402. The largest absolute Gasteiger partial charge is 0.460 e. The topological polar surface area (TPSA) is 89.4 Å². The third kappa shape index (κ3) is 3.05. The molecule has 22 heavy (non-hydrogen) atoms. The van der Waals surface area contributed by atoms with Crippen molar-refractivity contribution in [2.75, 3.05) is 19.8 Å². The van der Waals surface area contributed by atoms with E-state index >= 15 is 0 Å². The van der Waals surface area contributed by atoms with Crippen LogP contribution < -0.4 is 5.32 Å². The van der Waals surface area contributed by atoms with Gasteiger partial charge >= 0.3 is 0 Å². The number of furan rings is 1. The van der Waals surface area contributed by atoms with Gasteiger partial charge in [0, 0.05) is 12.7 Å². The van der Waals surface area contributed by atoms with Crippen LogP contribution in [-0.2, 0) is 9.47 Å². The number of nitrogens with one attached hydrogen (secondary N) is 2. The molecule has 7 nitrogen and oxygen atoms in total. The number of carbonyl (C=O) groups excluding carboxylic acids is 1. The number of amides is 1. The van der Waals surface area contributed by atoms with Gasteiger partial charge in [-0.3, -0.25) is 9.89 Å². The summed E-state index contributed by atoms with van der Waals surface area (Å²) in [4.78, 5) is 12.3. The van der Waals surface area contributed by atoms with Crippen LogP contribution in [0.3, 0.4) is 0 Å². The number of carbonyl (C=O) groups is 1. The maximum atomic E-state index is 12.3. The van der Waals surface area contributed by atoms with Gasteiger partial charge < -0.3 is 19.2 Å². The number of rotatable bonds is 5. The Kier molecular flexibility index (Phi) is 4.26. The average molecular weight is 305 g/mol. The van der Waals surface area contributed by atoms with E-state index in [0.29, 0.717) is 37.0 Å². The highest BCUT2D eigenvalue weighted by Crippen LogP contribution is 2.20. The molecule has 0 radical (unpaired) electrons. The highest BCUT2D eigenvalue weighted by molar-refractivity contribution is 5.93. The van der Waals surface area contributed by atoms with Crippen molar-refractivity contribution in [2.24, 2.45) is 0 Å². The molecule has 1 amide bonds. The number of hydrogen-bond acceptors (Lipinski definition) is 5. The van der Waals surface area contributed by atoms with Crippen LogP contribution in [0.4, 0.5) is 0 Å². The third-order valence-electron chi connectivity index (χ3n) is 3.54. The summed E-state index contributed by atoms with van der Waals surface area (Å²) < 4.78 is 16.4. The summed E-state index contributed by atoms with van der Waals surface area (Å²) in [5.41, 5.74) is 0.980. The van der Waals surface area contributed by atoms with E-state index in [4.69, 9.17) is 13.9 Å². The van der Waals surface area contributed by atoms with Gasteiger partial charge in [0.2, 0.25) is 0 Å². The van der Waals surface area contributed by atoms with Crippen molar-refractivity contribution in [3.05, 3.63) is 29.7 Å². The molecule has 0 unspecified atom stereocenters. The van der Waals surface area contributed by atoms with Crippen LogP contribution in [0.2, 0.25) is 0 Å². The lowest BCUT2D eigenvalue weighted by Gasteiger charge is -2.18. The molecule has 118 valence electrons. The van der Waals surface area contributed by atoms with Crippen molar-refractivity contribution in [1.82, 2.24) is 15.5 Å². The molecule has 1 aliphatic rings. The number of aromatic amines is 1. The van der Waals surface area contributed by atoms with Gasteiger partial charge in [0.05, 0.1) is 19.3 Å². The number of nitrogens with zero attached hydrogens (tertiary/aromatic N) is 1. The van der Waals surface area contributed by atoms with E-state index in [2.05, 4.69) is 15.5 Å². The van der Waals surface area contributed by atoms with Crippen molar-refractivity contribution >= 4 is 5.91 Å². The minimum absolute atomic E-state index is 0.111. The van der Waals surface area contributed by atoms with E-state index in [-0.39, 0.29) is 18.1 Å².